The van der Waals surface area contributed by atoms with Crippen LogP contribution in [0.4, 0.5) is 0 Å². The molecule has 0 saturated carbocycles. The van der Waals surface area contributed by atoms with Crippen LogP contribution in [0.2, 0.25) is 0 Å². The monoisotopic (exact) mass is 513 g/mol. The molecule has 1 aromatic heterocycles. The fourth-order valence-electron chi connectivity index (χ4n) is 4.32. The Morgan fingerprint density at radius 1 is 0.528 bits per heavy atom. The molecule has 0 aliphatic heterocycles. The van der Waals surface area contributed by atoms with E-state index >= 15 is 0 Å². The van der Waals surface area contributed by atoms with Crippen LogP contribution in [0.1, 0.15) is 101 Å². The summed E-state index contributed by atoms with van der Waals surface area (Å²) < 4.78 is 2.60. The molecule has 0 aliphatic carbocycles. The molecule has 0 bridgehead atoms. The lowest BCUT2D eigenvalue weighted by atomic mass is 9.84. The first-order valence-corrected chi connectivity index (χ1v) is 13.4. The molecule has 9 nitrogen and oxygen atoms in total. The van der Waals surface area contributed by atoms with Crippen LogP contribution in [0.15, 0.2) is 14.4 Å². The van der Waals surface area contributed by atoms with E-state index in [1.807, 2.05) is 62.3 Å². The molecular formula is C27H51N3O6. The van der Waals surface area contributed by atoms with Gasteiger partial charge >= 0.3 is 17.1 Å². The Hall–Kier alpha value is -1.71. The van der Waals surface area contributed by atoms with E-state index in [1.54, 1.807) is 0 Å². The second-order valence-corrected chi connectivity index (χ2v) is 12.8. The summed E-state index contributed by atoms with van der Waals surface area (Å²) in [7, 11) is 0. The Bertz CT molecular complexity index is 859. The van der Waals surface area contributed by atoms with Gasteiger partial charge in [-0.05, 0) is 35.5 Å². The highest BCUT2D eigenvalue weighted by molar-refractivity contribution is 4.85. The summed E-state index contributed by atoms with van der Waals surface area (Å²) >= 11 is 0. The third-order valence-electron chi connectivity index (χ3n) is 7.80. The number of rotatable bonds is 15. The molecule has 0 radical (unpaired) electrons. The zero-order valence-electron chi connectivity index (χ0n) is 24.0. The Balaban J connectivity index is 3.53. The number of hydrogen-bond donors (Lipinski definition) is 3. The summed E-state index contributed by atoms with van der Waals surface area (Å²) in [5, 5.41) is 32.1. The van der Waals surface area contributed by atoms with Crippen molar-refractivity contribution in [3.8, 4) is 0 Å². The molecule has 0 fully saturated rings. The highest BCUT2D eigenvalue weighted by Gasteiger charge is 2.27. The molecule has 3 N–H and O–H groups in total. The van der Waals surface area contributed by atoms with Crippen LogP contribution in [0, 0.1) is 16.2 Å². The molecule has 210 valence electrons. The summed E-state index contributed by atoms with van der Waals surface area (Å²) in [6.45, 7) is 17.2. The molecule has 0 aliphatic rings. The van der Waals surface area contributed by atoms with Crippen LogP contribution in [0.3, 0.4) is 0 Å². The molecule has 0 aromatic carbocycles. The van der Waals surface area contributed by atoms with Gasteiger partial charge in [-0.2, -0.15) is 0 Å². The normalized spacial score (nSPS) is 15.7. The lowest BCUT2D eigenvalue weighted by Crippen LogP contribution is -2.57. The van der Waals surface area contributed by atoms with Gasteiger partial charge in [0.15, 0.2) is 0 Å². The van der Waals surface area contributed by atoms with E-state index in [4.69, 9.17) is 0 Å². The molecule has 1 heterocycles. The molecule has 36 heavy (non-hydrogen) atoms. The van der Waals surface area contributed by atoms with Crippen molar-refractivity contribution in [2.75, 3.05) is 0 Å². The fraction of sp³-hybridized carbons (Fsp3) is 0.889. The predicted molar refractivity (Wildman–Crippen MR) is 143 cm³/mol. The van der Waals surface area contributed by atoms with Gasteiger partial charge in [0, 0.05) is 0 Å². The lowest BCUT2D eigenvalue weighted by Gasteiger charge is -2.28. The highest BCUT2D eigenvalue weighted by atomic mass is 16.3. The molecule has 0 saturated heterocycles. The Kier molecular flexibility index (Phi) is 11.4. The lowest BCUT2D eigenvalue weighted by molar-refractivity contribution is 0.0785. The fourth-order valence-corrected chi connectivity index (χ4v) is 4.32. The van der Waals surface area contributed by atoms with Crippen LogP contribution in [-0.2, 0) is 19.6 Å². The summed E-state index contributed by atoms with van der Waals surface area (Å²) in [5.74, 6) is 0. The molecular weight excluding hydrogens is 462 g/mol. The first kappa shape index (κ1) is 32.3. The summed E-state index contributed by atoms with van der Waals surface area (Å²) in [6, 6.07) is 0. The Labute approximate surface area is 215 Å². The van der Waals surface area contributed by atoms with Crippen LogP contribution in [0.5, 0.6) is 0 Å². The van der Waals surface area contributed by atoms with Crippen LogP contribution < -0.4 is 17.1 Å². The second-order valence-electron chi connectivity index (χ2n) is 12.8. The number of aliphatic hydroxyl groups excluding tert-OH is 3. The molecule has 1 rings (SSSR count). The van der Waals surface area contributed by atoms with Gasteiger partial charge in [-0.15, -0.1) is 0 Å². The SMILES string of the molecule is CCC(C)(C)CC(O)Cn1c(=O)n(CC(O)CC(C)(C)CC)c(=O)n(CC(O)CC(C)(C)CC)c1=O. The van der Waals surface area contributed by atoms with Crippen molar-refractivity contribution in [2.24, 2.45) is 16.2 Å². The van der Waals surface area contributed by atoms with Gasteiger partial charge < -0.3 is 15.3 Å². The van der Waals surface area contributed by atoms with E-state index in [0.717, 1.165) is 33.0 Å². The van der Waals surface area contributed by atoms with Crippen molar-refractivity contribution in [1.29, 1.82) is 0 Å². The molecule has 0 amide bonds. The van der Waals surface area contributed by atoms with Crippen molar-refractivity contribution >= 4 is 0 Å². The first-order valence-electron chi connectivity index (χ1n) is 13.4. The van der Waals surface area contributed by atoms with Gasteiger partial charge in [-0.1, -0.05) is 81.6 Å². The Morgan fingerprint density at radius 3 is 0.889 bits per heavy atom. The van der Waals surface area contributed by atoms with Crippen molar-refractivity contribution in [3.63, 3.8) is 0 Å². The summed E-state index contributed by atoms with van der Waals surface area (Å²) in [4.78, 5) is 39.9. The van der Waals surface area contributed by atoms with Gasteiger partial charge in [0.2, 0.25) is 0 Å². The average molecular weight is 514 g/mol. The summed E-state index contributed by atoms with van der Waals surface area (Å²) in [5.41, 5.74) is -3.15. The maximum absolute atomic E-state index is 13.3. The number of aliphatic hydroxyl groups is 3. The van der Waals surface area contributed by atoms with E-state index < -0.39 is 35.4 Å². The van der Waals surface area contributed by atoms with Gasteiger partial charge in [0.05, 0.1) is 37.9 Å². The zero-order chi connectivity index (χ0) is 28.1. The minimum Gasteiger partial charge on any atom is -0.391 e. The largest absolute Gasteiger partial charge is 0.391 e. The van der Waals surface area contributed by atoms with E-state index in [2.05, 4.69) is 0 Å². The third-order valence-corrected chi connectivity index (χ3v) is 7.80. The average Bonchev–Trinajstić information content (AvgIpc) is 2.76. The van der Waals surface area contributed by atoms with Crippen LogP contribution in [0.25, 0.3) is 0 Å². The van der Waals surface area contributed by atoms with E-state index in [0.29, 0.717) is 19.3 Å². The van der Waals surface area contributed by atoms with Crippen molar-refractivity contribution in [2.45, 2.75) is 139 Å². The Morgan fingerprint density at radius 2 is 0.722 bits per heavy atom. The standard InChI is InChI=1S/C27H51N3O6/c1-10-25(4,5)13-19(31)16-28-22(34)29(17-20(32)14-26(6,7)11-2)24(36)30(23(28)35)18-21(33)15-27(8,9)12-3/h19-21,31-33H,10-18H2,1-9H3. The minimum absolute atomic E-state index is 0.194. The first-order chi connectivity index (χ1) is 16.4. The van der Waals surface area contributed by atoms with Crippen molar-refractivity contribution in [1.82, 2.24) is 13.7 Å². The minimum atomic E-state index is -0.974. The van der Waals surface area contributed by atoms with Gasteiger partial charge in [-0.3, -0.25) is 0 Å². The van der Waals surface area contributed by atoms with Crippen LogP contribution in [-0.4, -0.2) is 47.3 Å². The maximum atomic E-state index is 13.3. The smallest absolute Gasteiger partial charge is 0.336 e. The number of hydrogen-bond acceptors (Lipinski definition) is 6. The van der Waals surface area contributed by atoms with E-state index in [9.17, 15) is 29.7 Å². The topological polar surface area (TPSA) is 127 Å². The maximum Gasteiger partial charge on any atom is 0.336 e. The van der Waals surface area contributed by atoms with Crippen LogP contribution >= 0.6 is 0 Å². The molecule has 3 unspecified atom stereocenters. The van der Waals surface area contributed by atoms with Crippen molar-refractivity contribution < 1.29 is 15.3 Å². The quantitative estimate of drug-likeness (QED) is 0.331. The molecule has 9 heteroatoms. The molecule has 0 spiro atoms. The highest BCUT2D eigenvalue weighted by Crippen LogP contribution is 2.28. The summed E-state index contributed by atoms with van der Waals surface area (Å²) in [6.07, 6.45) is 0.608. The van der Waals surface area contributed by atoms with E-state index in [-0.39, 0.29) is 35.9 Å². The van der Waals surface area contributed by atoms with Crippen molar-refractivity contribution in [3.05, 3.63) is 31.5 Å². The van der Waals surface area contributed by atoms with Gasteiger partial charge in [0.1, 0.15) is 0 Å². The van der Waals surface area contributed by atoms with Gasteiger partial charge in [0.25, 0.3) is 0 Å². The number of aromatic nitrogens is 3. The molecule has 1 aromatic rings. The number of nitrogens with zero attached hydrogens (tertiary/aromatic N) is 3. The third kappa shape index (κ3) is 9.30. The molecule has 3 atom stereocenters. The van der Waals surface area contributed by atoms with Gasteiger partial charge in [-0.25, -0.2) is 28.1 Å². The zero-order valence-corrected chi connectivity index (χ0v) is 24.0. The predicted octanol–water partition coefficient (Wildman–Crippen LogP) is 2.73. The second kappa shape index (κ2) is 12.7. The van der Waals surface area contributed by atoms with E-state index in [1.165, 1.54) is 0 Å².